The first kappa shape index (κ1) is 14.8. The molecule has 5 heteroatoms. The number of carbonyl (C=O) groups excluding carboxylic acids is 1. The van der Waals surface area contributed by atoms with Gasteiger partial charge in [0.1, 0.15) is 0 Å². The second kappa shape index (κ2) is 7.95. The van der Waals surface area contributed by atoms with Gasteiger partial charge in [0, 0.05) is 12.5 Å². The molecule has 1 amide bonds. The van der Waals surface area contributed by atoms with Crippen molar-refractivity contribution >= 4 is 12.1 Å². The summed E-state index contributed by atoms with van der Waals surface area (Å²) in [4.78, 5) is 22.1. The van der Waals surface area contributed by atoms with Gasteiger partial charge in [-0.1, -0.05) is 19.8 Å². The fourth-order valence-electron chi connectivity index (χ4n) is 2.37. The number of aliphatic carboxylic acids is 1. The number of unbranched alkanes of at least 4 members (excludes halogenated alkanes) is 1. The van der Waals surface area contributed by atoms with E-state index < -0.39 is 5.97 Å². The third-order valence-electron chi connectivity index (χ3n) is 3.30. The van der Waals surface area contributed by atoms with Crippen LogP contribution in [0, 0.1) is 5.92 Å². The summed E-state index contributed by atoms with van der Waals surface area (Å²) in [5, 5.41) is 11.6. The van der Waals surface area contributed by atoms with Gasteiger partial charge in [-0.3, -0.25) is 4.79 Å². The number of carboxylic acids is 1. The van der Waals surface area contributed by atoms with Crippen LogP contribution in [-0.4, -0.2) is 29.8 Å². The fourth-order valence-corrected chi connectivity index (χ4v) is 2.37. The number of ether oxygens (including phenoxy) is 1. The molecule has 18 heavy (non-hydrogen) atoms. The van der Waals surface area contributed by atoms with Gasteiger partial charge in [0.2, 0.25) is 0 Å². The quantitative estimate of drug-likeness (QED) is 0.717. The molecule has 0 aromatic rings. The van der Waals surface area contributed by atoms with Crippen molar-refractivity contribution in [3.8, 4) is 0 Å². The Labute approximate surface area is 108 Å². The highest BCUT2D eigenvalue weighted by Crippen LogP contribution is 2.26. The van der Waals surface area contributed by atoms with E-state index in [0.717, 1.165) is 38.5 Å². The maximum atomic E-state index is 11.5. The number of amides is 1. The molecule has 0 aromatic heterocycles. The summed E-state index contributed by atoms with van der Waals surface area (Å²) in [5.41, 5.74) is 0. The van der Waals surface area contributed by atoms with Crippen LogP contribution in [0.3, 0.4) is 0 Å². The van der Waals surface area contributed by atoms with E-state index in [1.807, 2.05) is 6.92 Å². The monoisotopic (exact) mass is 257 g/mol. The van der Waals surface area contributed by atoms with Gasteiger partial charge in [-0.15, -0.1) is 0 Å². The van der Waals surface area contributed by atoms with Crippen molar-refractivity contribution in [3.05, 3.63) is 0 Å². The molecule has 0 saturated heterocycles. The zero-order valence-electron chi connectivity index (χ0n) is 11.0. The van der Waals surface area contributed by atoms with Crippen molar-refractivity contribution < 1.29 is 19.4 Å². The largest absolute Gasteiger partial charge is 0.481 e. The van der Waals surface area contributed by atoms with Crippen molar-refractivity contribution in [3.63, 3.8) is 0 Å². The molecule has 2 atom stereocenters. The smallest absolute Gasteiger partial charge is 0.407 e. The second-order valence-electron chi connectivity index (χ2n) is 4.96. The average Bonchev–Trinajstić information content (AvgIpc) is 2.28. The molecule has 0 bridgehead atoms. The third kappa shape index (κ3) is 5.89. The van der Waals surface area contributed by atoms with Gasteiger partial charge in [-0.25, -0.2) is 4.79 Å². The van der Waals surface area contributed by atoms with Gasteiger partial charge in [0.05, 0.1) is 6.61 Å². The molecule has 0 spiro atoms. The van der Waals surface area contributed by atoms with E-state index in [1.165, 1.54) is 0 Å². The molecule has 5 nitrogen and oxygen atoms in total. The maximum absolute atomic E-state index is 11.5. The summed E-state index contributed by atoms with van der Waals surface area (Å²) in [5.74, 6) is -0.580. The molecular formula is C13H23NO4. The van der Waals surface area contributed by atoms with Crippen LogP contribution in [0.25, 0.3) is 0 Å². The number of alkyl carbamates (subject to hydrolysis) is 1. The molecular weight excluding hydrogens is 234 g/mol. The number of carboxylic acid groups (broad SMARTS) is 1. The topological polar surface area (TPSA) is 75.6 Å². The zero-order chi connectivity index (χ0) is 13.4. The van der Waals surface area contributed by atoms with Crippen molar-refractivity contribution in [2.45, 2.75) is 57.9 Å². The first-order valence-electron chi connectivity index (χ1n) is 6.77. The maximum Gasteiger partial charge on any atom is 0.407 e. The van der Waals surface area contributed by atoms with Crippen molar-refractivity contribution in [2.75, 3.05) is 6.61 Å². The Morgan fingerprint density at radius 3 is 2.83 bits per heavy atom. The number of rotatable bonds is 6. The lowest BCUT2D eigenvalue weighted by atomic mass is 9.84. The Morgan fingerprint density at radius 2 is 2.17 bits per heavy atom. The molecule has 1 aliphatic rings. The lowest BCUT2D eigenvalue weighted by Crippen LogP contribution is -2.39. The molecule has 0 aromatic carbocycles. The van der Waals surface area contributed by atoms with Crippen LogP contribution in [0.2, 0.25) is 0 Å². The fraction of sp³-hybridized carbons (Fsp3) is 0.846. The second-order valence-corrected chi connectivity index (χ2v) is 4.96. The summed E-state index contributed by atoms with van der Waals surface area (Å²) in [6, 6.07) is 0.0669. The Morgan fingerprint density at radius 1 is 1.39 bits per heavy atom. The molecule has 0 radical (unpaired) electrons. The van der Waals surface area contributed by atoms with E-state index in [9.17, 15) is 9.59 Å². The molecule has 104 valence electrons. The number of hydrogen-bond acceptors (Lipinski definition) is 3. The van der Waals surface area contributed by atoms with Crippen molar-refractivity contribution in [1.29, 1.82) is 0 Å². The highest BCUT2D eigenvalue weighted by Gasteiger charge is 2.25. The Kier molecular flexibility index (Phi) is 6.54. The molecule has 0 unspecified atom stereocenters. The third-order valence-corrected chi connectivity index (χ3v) is 3.30. The molecule has 1 rings (SSSR count). The van der Waals surface area contributed by atoms with Crippen molar-refractivity contribution in [2.24, 2.45) is 5.92 Å². The van der Waals surface area contributed by atoms with Crippen LogP contribution in [0.5, 0.6) is 0 Å². The van der Waals surface area contributed by atoms with Gasteiger partial charge < -0.3 is 15.2 Å². The zero-order valence-corrected chi connectivity index (χ0v) is 11.0. The summed E-state index contributed by atoms with van der Waals surface area (Å²) >= 11 is 0. The summed E-state index contributed by atoms with van der Waals surface area (Å²) in [6.07, 6.45) is 5.27. The number of carbonyl (C=O) groups is 2. The summed E-state index contributed by atoms with van der Waals surface area (Å²) in [6.45, 7) is 2.49. The van der Waals surface area contributed by atoms with Crippen LogP contribution in [0.15, 0.2) is 0 Å². The first-order valence-corrected chi connectivity index (χ1v) is 6.77. The molecule has 1 aliphatic carbocycles. The van der Waals surface area contributed by atoms with Crippen LogP contribution in [-0.2, 0) is 9.53 Å². The van der Waals surface area contributed by atoms with Gasteiger partial charge >= 0.3 is 12.1 Å². The predicted molar refractivity (Wildman–Crippen MR) is 67.4 cm³/mol. The van der Waals surface area contributed by atoms with E-state index in [-0.39, 0.29) is 24.5 Å². The van der Waals surface area contributed by atoms with Gasteiger partial charge in [-0.05, 0) is 31.6 Å². The van der Waals surface area contributed by atoms with E-state index in [2.05, 4.69) is 5.32 Å². The Hall–Kier alpha value is -1.26. The standard InChI is InChI=1S/C13H23NO4/c1-2-3-7-18-13(17)14-11-6-4-5-10(8-11)9-12(15)16/h10-11H,2-9H2,1H3,(H,14,17)(H,15,16)/t10-,11-/m0/s1. The minimum atomic E-state index is -0.758. The first-order chi connectivity index (χ1) is 8.61. The minimum Gasteiger partial charge on any atom is -0.481 e. The predicted octanol–water partition coefficient (Wildman–Crippen LogP) is 2.55. The molecule has 1 saturated carbocycles. The average molecular weight is 257 g/mol. The molecule has 0 heterocycles. The number of nitrogens with one attached hydrogen (secondary N) is 1. The minimum absolute atomic E-state index is 0.0669. The van der Waals surface area contributed by atoms with Gasteiger partial charge in [0.15, 0.2) is 0 Å². The molecule has 1 fully saturated rings. The normalized spacial score (nSPS) is 23.4. The van der Waals surface area contributed by atoms with E-state index in [0.29, 0.717) is 6.61 Å². The lowest BCUT2D eigenvalue weighted by molar-refractivity contribution is -0.138. The van der Waals surface area contributed by atoms with Gasteiger partial charge in [-0.2, -0.15) is 0 Å². The Bertz CT molecular complexity index is 280. The van der Waals surface area contributed by atoms with Gasteiger partial charge in [0.25, 0.3) is 0 Å². The lowest BCUT2D eigenvalue weighted by Gasteiger charge is -2.28. The SMILES string of the molecule is CCCCOC(=O)N[C@H]1CCC[C@H](CC(=O)O)C1. The van der Waals surface area contributed by atoms with E-state index in [4.69, 9.17) is 9.84 Å². The number of hydrogen-bond donors (Lipinski definition) is 2. The summed E-state index contributed by atoms with van der Waals surface area (Å²) in [7, 11) is 0. The highest BCUT2D eigenvalue weighted by molar-refractivity contribution is 5.68. The Balaban J connectivity index is 2.24. The summed E-state index contributed by atoms with van der Waals surface area (Å²) < 4.78 is 5.04. The van der Waals surface area contributed by atoms with Crippen LogP contribution in [0.4, 0.5) is 4.79 Å². The van der Waals surface area contributed by atoms with Crippen LogP contribution < -0.4 is 5.32 Å². The highest BCUT2D eigenvalue weighted by atomic mass is 16.5. The van der Waals surface area contributed by atoms with Crippen LogP contribution in [0.1, 0.15) is 51.9 Å². The van der Waals surface area contributed by atoms with Crippen LogP contribution >= 0.6 is 0 Å². The molecule has 2 N–H and O–H groups in total. The van der Waals surface area contributed by atoms with Crippen molar-refractivity contribution in [1.82, 2.24) is 5.32 Å². The molecule has 0 aliphatic heterocycles. The van der Waals surface area contributed by atoms with E-state index >= 15 is 0 Å². The van der Waals surface area contributed by atoms with E-state index in [1.54, 1.807) is 0 Å².